The van der Waals surface area contributed by atoms with Crippen LogP contribution in [0.15, 0.2) is 26.4 Å². The number of H-pyrrole nitrogens is 1. The average molecular weight is 595 g/mol. The zero-order valence-electron chi connectivity index (χ0n) is 26.4. The highest BCUT2D eigenvalue weighted by Gasteiger charge is 2.12. The fraction of sp³-hybridized carbons (Fsp3) is 0.824. The van der Waals surface area contributed by atoms with Crippen molar-refractivity contribution < 1.29 is 0 Å². The predicted octanol–water partition coefficient (Wildman–Crippen LogP) is 11.1. The summed E-state index contributed by atoms with van der Waals surface area (Å²) >= 11 is 2.97. The van der Waals surface area contributed by atoms with Gasteiger partial charge in [-0.1, -0.05) is 179 Å². The standard InChI is InChI=1S/C21H39NOS.C13H23NOS/c1-3-5-7-9-11-13-15-19(16-14-12-10-8-6-4-2)17-20-18-24-22-21(20)23;1-2-3-4-5-6-7-8-9-11-14-13(15)10-12-16-14/h18-19H,3-17H2,1-2H3,(H,22,23);10,12H,2-9,11H2,1H3. The summed E-state index contributed by atoms with van der Waals surface area (Å²) in [5, 5.41) is 3.89. The monoisotopic (exact) mass is 594 g/mol. The van der Waals surface area contributed by atoms with Crippen molar-refractivity contribution in [1.82, 2.24) is 8.33 Å². The molecule has 2 aromatic heterocycles. The van der Waals surface area contributed by atoms with Gasteiger partial charge >= 0.3 is 0 Å². The molecule has 0 amide bonds. The number of aryl methyl sites for hydroxylation is 1. The van der Waals surface area contributed by atoms with Gasteiger partial charge in [-0.25, -0.2) is 0 Å². The third-order valence-electron chi connectivity index (χ3n) is 7.94. The van der Waals surface area contributed by atoms with E-state index in [-0.39, 0.29) is 11.1 Å². The first kappa shape index (κ1) is 36.9. The number of nitrogens with zero attached hydrogens (tertiary/aromatic N) is 1. The van der Waals surface area contributed by atoms with Crippen molar-refractivity contribution in [3.63, 3.8) is 0 Å². The fourth-order valence-corrected chi connectivity index (χ4v) is 6.72. The Hall–Kier alpha value is -1.14. The van der Waals surface area contributed by atoms with Gasteiger partial charge in [0.1, 0.15) is 0 Å². The molecule has 232 valence electrons. The molecule has 2 heterocycles. The van der Waals surface area contributed by atoms with Gasteiger partial charge in [-0.3, -0.25) is 17.9 Å². The number of aromatic amines is 1. The summed E-state index contributed by atoms with van der Waals surface area (Å²) in [6.07, 6.45) is 30.5. The molecule has 2 aromatic rings. The van der Waals surface area contributed by atoms with E-state index in [1.165, 1.54) is 158 Å². The SMILES string of the molecule is CCCCCCCCC(CCCCCCCC)Cc1cs[nH]c1=O.CCCCCCCCCCn1sccc1=O. The van der Waals surface area contributed by atoms with Crippen molar-refractivity contribution >= 4 is 23.1 Å². The molecule has 0 atom stereocenters. The van der Waals surface area contributed by atoms with Gasteiger partial charge in [-0.15, -0.1) is 0 Å². The summed E-state index contributed by atoms with van der Waals surface area (Å²) in [6, 6.07) is 1.65. The third-order valence-corrected chi connectivity index (χ3v) is 9.52. The molecule has 40 heavy (non-hydrogen) atoms. The number of hydrogen-bond donors (Lipinski definition) is 1. The topological polar surface area (TPSA) is 54.9 Å². The Balaban J connectivity index is 0.000000433. The maximum absolute atomic E-state index is 11.8. The van der Waals surface area contributed by atoms with Crippen LogP contribution < -0.4 is 11.1 Å². The van der Waals surface area contributed by atoms with E-state index in [0.717, 1.165) is 24.9 Å². The number of rotatable bonds is 25. The van der Waals surface area contributed by atoms with Gasteiger partial charge in [0.25, 0.3) is 11.1 Å². The second kappa shape index (κ2) is 26.7. The first-order valence-corrected chi connectivity index (χ1v) is 18.6. The van der Waals surface area contributed by atoms with Crippen molar-refractivity contribution in [3.05, 3.63) is 43.1 Å². The Morgan fingerprint density at radius 1 is 0.675 bits per heavy atom. The van der Waals surface area contributed by atoms with Crippen LogP contribution in [0.5, 0.6) is 0 Å². The van der Waals surface area contributed by atoms with E-state index >= 15 is 0 Å². The van der Waals surface area contributed by atoms with E-state index in [0.29, 0.717) is 5.92 Å². The van der Waals surface area contributed by atoms with Gasteiger partial charge < -0.3 is 0 Å². The Bertz CT molecular complexity index is 882. The van der Waals surface area contributed by atoms with Gasteiger partial charge in [0, 0.05) is 28.9 Å². The number of aromatic nitrogens is 2. The lowest BCUT2D eigenvalue weighted by atomic mass is 9.89. The highest BCUT2D eigenvalue weighted by molar-refractivity contribution is 7.04. The van der Waals surface area contributed by atoms with Crippen LogP contribution in [0.2, 0.25) is 0 Å². The second-order valence-electron chi connectivity index (χ2n) is 11.7. The first-order valence-electron chi connectivity index (χ1n) is 16.9. The van der Waals surface area contributed by atoms with E-state index in [1.54, 1.807) is 6.07 Å². The minimum atomic E-state index is 0.149. The van der Waals surface area contributed by atoms with E-state index in [1.807, 2.05) is 14.7 Å². The quantitative estimate of drug-likeness (QED) is 0.116. The molecule has 1 N–H and O–H groups in total. The lowest BCUT2D eigenvalue weighted by Gasteiger charge is -2.16. The lowest BCUT2D eigenvalue weighted by Crippen LogP contribution is -2.12. The molecule has 0 unspecified atom stereocenters. The Kier molecular flexibility index (Phi) is 24.7. The Morgan fingerprint density at radius 2 is 1.15 bits per heavy atom. The number of unbranched alkanes of at least 4 members (excludes halogenated alkanes) is 17. The van der Waals surface area contributed by atoms with Crippen LogP contribution in [-0.2, 0) is 13.0 Å². The Labute approximate surface area is 254 Å². The van der Waals surface area contributed by atoms with Crippen LogP contribution >= 0.6 is 23.1 Å². The summed E-state index contributed by atoms with van der Waals surface area (Å²) in [4.78, 5) is 23.0. The summed E-state index contributed by atoms with van der Waals surface area (Å²) in [7, 11) is 0. The van der Waals surface area contributed by atoms with Crippen LogP contribution in [0.25, 0.3) is 0 Å². The van der Waals surface area contributed by atoms with Crippen LogP contribution in [0.1, 0.15) is 168 Å². The molecular weight excluding hydrogens is 533 g/mol. The van der Waals surface area contributed by atoms with Crippen LogP contribution in [0, 0.1) is 5.92 Å². The normalized spacial score (nSPS) is 11.2. The van der Waals surface area contributed by atoms with Crippen LogP contribution in [0.3, 0.4) is 0 Å². The van der Waals surface area contributed by atoms with E-state index in [2.05, 4.69) is 25.1 Å². The highest BCUT2D eigenvalue weighted by atomic mass is 32.1. The van der Waals surface area contributed by atoms with Crippen molar-refractivity contribution in [2.75, 3.05) is 0 Å². The first-order chi connectivity index (χ1) is 19.6. The smallest absolute Gasteiger partial charge is 0.261 e. The summed E-state index contributed by atoms with van der Waals surface area (Å²) < 4.78 is 4.69. The van der Waals surface area contributed by atoms with Crippen molar-refractivity contribution in [2.24, 2.45) is 5.92 Å². The molecule has 0 saturated heterocycles. The second-order valence-corrected chi connectivity index (χ2v) is 13.3. The molecule has 2 rings (SSSR count). The maximum Gasteiger partial charge on any atom is 0.261 e. The van der Waals surface area contributed by atoms with Crippen molar-refractivity contribution in [3.8, 4) is 0 Å². The molecule has 6 heteroatoms. The third kappa shape index (κ3) is 19.9. The number of nitrogens with one attached hydrogen (secondary N) is 1. The minimum Gasteiger partial charge on any atom is -0.278 e. The molecule has 0 fully saturated rings. The molecule has 0 saturated carbocycles. The molecule has 0 aliphatic carbocycles. The molecule has 0 aromatic carbocycles. The molecule has 0 radical (unpaired) electrons. The van der Waals surface area contributed by atoms with Gasteiger partial charge in [0.05, 0.1) is 0 Å². The van der Waals surface area contributed by atoms with Gasteiger partial charge in [-0.2, -0.15) is 0 Å². The van der Waals surface area contributed by atoms with Gasteiger partial charge in [0.15, 0.2) is 0 Å². The van der Waals surface area contributed by atoms with Crippen molar-refractivity contribution in [1.29, 1.82) is 0 Å². The summed E-state index contributed by atoms with van der Waals surface area (Å²) in [5.74, 6) is 0.707. The highest BCUT2D eigenvalue weighted by Crippen LogP contribution is 2.22. The van der Waals surface area contributed by atoms with E-state index < -0.39 is 0 Å². The number of hydrogen-bond acceptors (Lipinski definition) is 4. The molecule has 0 aliphatic heterocycles. The summed E-state index contributed by atoms with van der Waals surface area (Å²) in [6.45, 7) is 7.70. The molecule has 4 nitrogen and oxygen atoms in total. The van der Waals surface area contributed by atoms with Crippen molar-refractivity contribution in [2.45, 2.75) is 175 Å². The lowest BCUT2D eigenvalue weighted by molar-refractivity contribution is 0.400. The molecular formula is C34H62N2O2S2. The Morgan fingerprint density at radius 3 is 1.57 bits per heavy atom. The van der Waals surface area contributed by atoms with E-state index in [4.69, 9.17) is 0 Å². The van der Waals surface area contributed by atoms with Gasteiger partial charge in [-0.05, 0) is 18.8 Å². The molecule has 0 bridgehead atoms. The zero-order valence-corrected chi connectivity index (χ0v) is 28.0. The minimum absolute atomic E-state index is 0.149. The maximum atomic E-state index is 11.8. The predicted molar refractivity (Wildman–Crippen MR) is 179 cm³/mol. The fourth-order valence-electron chi connectivity index (χ4n) is 5.35. The van der Waals surface area contributed by atoms with Gasteiger partial charge in [0.2, 0.25) is 0 Å². The van der Waals surface area contributed by atoms with Crippen LogP contribution in [0.4, 0.5) is 0 Å². The van der Waals surface area contributed by atoms with E-state index in [9.17, 15) is 9.59 Å². The molecule has 0 spiro atoms. The largest absolute Gasteiger partial charge is 0.278 e. The summed E-state index contributed by atoms with van der Waals surface area (Å²) in [5.41, 5.74) is 1.32. The molecule has 0 aliphatic rings. The zero-order chi connectivity index (χ0) is 29.1. The van der Waals surface area contributed by atoms with Crippen LogP contribution in [-0.4, -0.2) is 8.33 Å². The average Bonchev–Trinajstić information content (AvgIpc) is 3.56.